The van der Waals surface area contributed by atoms with E-state index in [-0.39, 0.29) is 23.3 Å². The predicted octanol–water partition coefficient (Wildman–Crippen LogP) is 3.89. The van der Waals surface area contributed by atoms with Crippen molar-refractivity contribution in [1.82, 2.24) is 34.7 Å². The molecule has 0 aromatic carbocycles. The highest BCUT2D eigenvalue weighted by Gasteiger charge is 2.32. The molecule has 5 heterocycles. The zero-order valence-electron chi connectivity index (χ0n) is 20.1. The number of aromatic nitrogens is 6. The molecule has 1 atom stereocenters. The van der Waals surface area contributed by atoms with Gasteiger partial charge in [0.15, 0.2) is 6.10 Å². The van der Waals surface area contributed by atoms with Gasteiger partial charge in [0.1, 0.15) is 28.9 Å². The molecular weight excluding hydrogens is 508 g/mol. The number of alkyl halides is 3. The van der Waals surface area contributed by atoms with Crippen LogP contribution in [0.1, 0.15) is 42.1 Å². The summed E-state index contributed by atoms with van der Waals surface area (Å²) in [6.07, 6.45) is -2.34. The second-order valence-electron chi connectivity index (χ2n) is 8.74. The minimum absolute atomic E-state index is 0.000795. The topological polar surface area (TPSA) is 115 Å². The standard InChI is InChI=1S/C24H22F4N8O2/c1-14-23(33-34-36(14)17-4-6-30-7-5-17)15-8-21-32-12-18(10-29)35(21)22(9-15)38-20(13-37-24(26,27)28)19-3-2-16(25)11-31-19/h2-3,8-9,11-12,17,20,30H,4-7,13H2,1H3. The van der Waals surface area contributed by atoms with E-state index >= 15 is 0 Å². The Morgan fingerprint density at radius 2 is 1.97 bits per heavy atom. The van der Waals surface area contributed by atoms with E-state index in [1.54, 1.807) is 12.1 Å². The van der Waals surface area contributed by atoms with E-state index in [2.05, 4.69) is 30.3 Å². The van der Waals surface area contributed by atoms with E-state index in [0.717, 1.165) is 43.9 Å². The molecule has 1 saturated heterocycles. The summed E-state index contributed by atoms with van der Waals surface area (Å²) in [5.74, 6) is -0.661. The Hall–Kier alpha value is -4.09. The lowest BCUT2D eigenvalue weighted by atomic mass is 10.1. The lowest BCUT2D eigenvalue weighted by Crippen LogP contribution is -2.30. The van der Waals surface area contributed by atoms with Gasteiger partial charge in [-0.15, -0.1) is 18.3 Å². The minimum Gasteiger partial charge on any atom is -0.466 e. The highest BCUT2D eigenvalue weighted by atomic mass is 19.4. The first-order valence-electron chi connectivity index (χ1n) is 11.8. The monoisotopic (exact) mass is 530 g/mol. The second-order valence-corrected chi connectivity index (χ2v) is 8.74. The van der Waals surface area contributed by atoms with Crippen LogP contribution in [0.3, 0.4) is 0 Å². The molecule has 0 amide bonds. The van der Waals surface area contributed by atoms with Gasteiger partial charge in [0, 0.05) is 11.6 Å². The van der Waals surface area contributed by atoms with Gasteiger partial charge in [-0.1, -0.05) is 5.21 Å². The van der Waals surface area contributed by atoms with Gasteiger partial charge in [0.05, 0.1) is 36.4 Å². The van der Waals surface area contributed by atoms with Crippen LogP contribution in [-0.4, -0.2) is 55.4 Å². The van der Waals surface area contributed by atoms with E-state index in [9.17, 15) is 22.8 Å². The Labute approximate surface area is 213 Å². The third-order valence-corrected chi connectivity index (χ3v) is 6.28. The molecule has 10 nitrogen and oxygen atoms in total. The molecule has 0 bridgehead atoms. The number of nitrogens with zero attached hydrogens (tertiary/aromatic N) is 7. The molecule has 1 unspecified atom stereocenters. The summed E-state index contributed by atoms with van der Waals surface area (Å²) >= 11 is 0. The van der Waals surface area contributed by atoms with Gasteiger partial charge in [0.2, 0.25) is 5.88 Å². The van der Waals surface area contributed by atoms with Gasteiger partial charge < -0.3 is 10.1 Å². The first-order valence-corrected chi connectivity index (χ1v) is 11.8. The van der Waals surface area contributed by atoms with Crippen molar-refractivity contribution in [3.63, 3.8) is 0 Å². The summed E-state index contributed by atoms with van der Waals surface area (Å²) in [7, 11) is 0. The summed E-state index contributed by atoms with van der Waals surface area (Å²) in [5.41, 5.74) is 2.30. The van der Waals surface area contributed by atoms with Gasteiger partial charge in [-0.25, -0.2) is 14.1 Å². The van der Waals surface area contributed by atoms with Crippen LogP contribution in [0.2, 0.25) is 0 Å². The fraction of sp³-hybridized carbons (Fsp3) is 0.375. The van der Waals surface area contributed by atoms with Crippen LogP contribution in [0.5, 0.6) is 5.88 Å². The number of nitrogens with one attached hydrogen (secondary N) is 1. The van der Waals surface area contributed by atoms with Crippen molar-refractivity contribution in [3.8, 4) is 23.2 Å². The molecule has 0 radical (unpaired) electrons. The van der Waals surface area contributed by atoms with Crippen molar-refractivity contribution in [2.24, 2.45) is 0 Å². The maximum Gasteiger partial charge on any atom is 0.522 e. The number of ether oxygens (including phenoxy) is 2. The highest BCUT2D eigenvalue weighted by Crippen LogP contribution is 2.33. The molecule has 4 aromatic rings. The molecule has 0 aliphatic carbocycles. The number of fused-ring (bicyclic) bond motifs is 1. The Kier molecular flexibility index (Phi) is 6.96. The molecule has 0 spiro atoms. The average Bonchev–Trinajstić information content (AvgIpc) is 3.50. The van der Waals surface area contributed by atoms with Crippen LogP contribution in [0.25, 0.3) is 16.9 Å². The van der Waals surface area contributed by atoms with Crippen molar-refractivity contribution < 1.29 is 27.0 Å². The normalized spacial score (nSPS) is 15.5. The van der Waals surface area contributed by atoms with Crippen molar-refractivity contribution in [3.05, 3.63) is 59.6 Å². The smallest absolute Gasteiger partial charge is 0.466 e. The predicted molar refractivity (Wildman–Crippen MR) is 124 cm³/mol. The van der Waals surface area contributed by atoms with Gasteiger partial charge >= 0.3 is 6.36 Å². The molecular formula is C24H22F4N8O2. The minimum atomic E-state index is -4.93. The van der Waals surface area contributed by atoms with E-state index in [4.69, 9.17) is 4.74 Å². The molecule has 1 N–H and O–H groups in total. The van der Waals surface area contributed by atoms with Crippen LogP contribution in [0.4, 0.5) is 17.6 Å². The first kappa shape index (κ1) is 25.6. The molecule has 38 heavy (non-hydrogen) atoms. The maximum absolute atomic E-state index is 13.5. The number of hydrogen-bond donors (Lipinski definition) is 1. The molecule has 1 aliphatic heterocycles. The summed E-state index contributed by atoms with van der Waals surface area (Å²) < 4.78 is 65.4. The maximum atomic E-state index is 13.5. The summed E-state index contributed by atoms with van der Waals surface area (Å²) in [6, 6.07) is 7.66. The van der Waals surface area contributed by atoms with Gasteiger partial charge in [-0.3, -0.25) is 14.1 Å². The molecule has 4 aromatic heterocycles. The SMILES string of the molecule is Cc1c(-c2cc(OC(COC(F)(F)F)c3ccc(F)cn3)n3c(C#N)cnc3c2)nnn1C1CCNCC1. The lowest BCUT2D eigenvalue weighted by molar-refractivity contribution is -0.330. The van der Waals surface area contributed by atoms with E-state index in [0.29, 0.717) is 16.9 Å². The number of rotatable bonds is 7. The van der Waals surface area contributed by atoms with E-state index in [1.165, 1.54) is 16.7 Å². The van der Waals surface area contributed by atoms with Crippen molar-refractivity contribution in [2.75, 3.05) is 19.7 Å². The quantitative estimate of drug-likeness (QED) is 0.358. The first-order chi connectivity index (χ1) is 18.2. The highest BCUT2D eigenvalue weighted by molar-refractivity contribution is 5.68. The van der Waals surface area contributed by atoms with E-state index < -0.39 is 24.9 Å². The number of nitriles is 1. The Bertz CT molecular complexity index is 1470. The Balaban J connectivity index is 1.57. The fourth-order valence-electron chi connectivity index (χ4n) is 4.46. The Morgan fingerprint density at radius 3 is 2.66 bits per heavy atom. The number of imidazole rings is 1. The summed E-state index contributed by atoms with van der Waals surface area (Å²) in [4.78, 5) is 8.13. The van der Waals surface area contributed by atoms with Gasteiger partial charge in [0.25, 0.3) is 0 Å². The van der Waals surface area contributed by atoms with Gasteiger partial charge in [-0.2, -0.15) is 5.26 Å². The summed E-state index contributed by atoms with van der Waals surface area (Å²) in [6.45, 7) is 2.66. The van der Waals surface area contributed by atoms with Crippen LogP contribution < -0.4 is 10.1 Å². The van der Waals surface area contributed by atoms with Crippen LogP contribution in [0.15, 0.2) is 36.7 Å². The molecule has 0 saturated carbocycles. The third kappa shape index (κ3) is 5.29. The number of piperidine rings is 1. The summed E-state index contributed by atoms with van der Waals surface area (Å²) in [5, 5.41) is 21.6. The number of halogens is 4. The molecule has 14 heteroatoms. The van der Waals surface area contributed by atoms with Crippen LogP contribution >= 0.6 is 0 Å². The van der Waals surface area contributed by atoms with Crippen LogP contribution in [-0.2, 0) is 4.74 Å². The van der Waals surface area contributed by atoms with Crippen LogP contribution in [0, 0.1) is 24.1 Å². The largest absolute Gasteiger partial charge is 0.522 e. The van der Waals surface area contributed by atoms with E-state index in [1.807, 2.05) is 17.7 Å². The van der Waals surface area contributed by atoms with Crippen molar-refractivity contribution in [2.45, 2.75) is 38.3 Å². The lowest BCUT2D eigenvalue weighted by Gasteiger charge is -2.23. The van der Waals surface area contributed by atoms with Gasteiger partial charge in [-0.05, 0) is 51.1 Å². The van der Waals surface area contributed by atoms with Crippen molar-refractivity contribution in [1.29, 1.82) is 5.26 Å². The molecule has 5 rings (SSSR count). The Morgan fingerprint density at radius 1 is 1.18 bits per heavy atom. The average molecular weight is 530 g/mol. The zero-order valence-corrected chi connectivity index (χ0v) is 20.1. The number of pyridine rings is 2. The number of hydrogen-bond acceptors (Lipinski definition) is 8. The molecule has 1 fully saturated rings. The second kappa shape index (κ2) is 10.3. The van der Waals surface area contributed by atoms with Crippen molar-refractivity contribution >= 4 is 5.65 Å². The molecule has 198 valence electrons. The fourth-order valence-corrected chi connectivity index (χ4v) is 4.46. The zero-order chi connectivity index (χ0) is 26.9. The third-order valence-electron chi connectivity index (χ3n) is 6.28. The molecule has 1 aliphatic rings.